The summed E-state index contributed by atoms with van der Waals surface area (Å²) in [4.78, 5) is 41.1. The number of hydrogen-bond donors (Lipinski definition) is 2. The van der Waals surface area contributed by atoms with Crippen LogP contribution in [-0.2, 0) is 20.7 Å². The highest BCUT2D eigenvalue weighted by molar-refractivity contribution is 5.92. The number of benzene rings is 2. The number of carbonyl (C=O) groups excluding carboxylic acids is 3. The lowest BCUT2D eigenvalue weighted by Crippen LogP contribution is -2.54. The van der Waals surface area contributed by atoms with Gasteiger partial charge < -0.3 is 20.3 Å². The third-order valence-corrected chi connectivity index (χ3v) is 5.18. The average molecular weight is 493 g/mol. The average Bonchev–Trinajstić information content (AvgIpc) is 2.78. The molecular formula is C28H36N4O4. The SMILES string of the molecule is Cc1ccc(C(C(=O)NC(C)C)N(CC#N)C(=O)C(Cc2ccccc2)NC(=O)OC(C)(C)C)cc1. The Morgan fingerprint density at radius 2 is 1.61 bits per heavy atom. The summed E-state index contributed by atoms with van der Waals surface area (Å²) in [6.07, 6.45) is -0.597. The molecule has 2 aromatic carbocycles. The van der Waals surface area contributed by atoms with Crippen molar-refractivity contribution in [3.05, 3.63) is 71.3 Å². The molecule has 2 rings (SSSR count). The van der Waals surface area contributed by atoms with E-state index in [1.54, 1.807) is 32.9 Å². The number of carbonyl (C=O) groups is 3. The summed E-state index contributed by atoms with van der Waals surface area (Å²) in [7, 11) is 0. The zero-order valence-electron chi connectivity index (χ0n) is 21.9. The van der Waals surface area contributed by atoms with Gasteiger partial charge in [-0.3, -0.25) is 9.59 Å². The number of hydrogen-bond acceptors (Lipinski definition) is 5. The molecule has 0 aliphatic heterocycles. The van der Waals surface area contributed by atoms with E-state index >= 15 is 0 Å². The van der Waals surface area contributed by atoms with Gasteiger partial charge in [-0.1, -0.05) is 60.2 Å². The topological polar surface area (TPSA) is 112 Å². The van der Waals surface area contributed by atoms with Crippen LogP contribution in [0.1, 0.15) is 57.4 Å². The number of amides is 3. The largest absolute Gasteiger partial charge is 0.444 e. The summed E-state index contributed by atoms with van der Waals surface area (Å²) in [5, 5.41) is 15.1. The molecular weight excluding hydrogens is 456 g/mol. The van der Waals surface area contributed by atoms with Crippen molar-refractivity contribution in [1.29, 1.82) is 5.26 Å². The maximum atomic E-state index is 13.9. The second kappa shape index (κ2) is 12.7. The molecule has 0 saturated carbocycles. The van der Waals surface area contributed by atoms with E-state index in [4.69, 9.17) is 4.74 Å². The van der Waals surface area contributed by atoms with Crippen LogP contribution in [0.15, 0.2) is 54.6 Å². The van der Waals surface area contributed by atoms with Gasteiger partial charge in [0.15, 0.2) is 0 Å². The van der Waals surface area contributed by atoms with Crippen molar-refractivity contribution >= 4 is 17.9 Å². The van der Waals surface area contributed by atoms with Crippen LogP contribution in [0.2, 0.25) is 0 Å². The Kier molecular flexibility index (Phi) is 10.0. The molecule has 0 heterocycles. The van der Waals surface area contributed by atoms with Crippen LogP contribution in [0.25, 0.3) is 0 Å². The highest BCUT2D eigenvalue weighted by Crippen LogP contribution is 2.24. The predicted molar refractivity (Wildman–Crippen MR) is 138 cm³/mol. The molecule has 0 radical (unpaired) electrons. The number of nitrogens with zero attached hydrogens (tertiary/aromatic N) is 2. The first-order valence-corrected chi connectivity index (χ1v) is 12.0. The van der Waals surface area contributed by atoms with Crippen LogP contribution in [0.3, 0.4) is 0 Å². The van der Waals surface area contributed by atoms with Gasteiger partial charge in [-0.25, -0.2) is 4.79 Å². The van der Waals surface area contributed by atoms with Crippen LogP contribution >= 0.6 is 0 Å². The zero-order chi connectivity index (χ0) is 26.9. The number of rotatable bonds is 9. The Morgan fingerprint density at radius 1 is 1.00 bits per heavy atom. The van der Waals surface area contributed by atoms with Crippen LogP contribution in [0.5, 0.6) is 0 Å². The van der Waals surface area contributed by atoms with Crippen molar-refractivity contribution in [2.24, 2.45) is 0 Å². The van der Waals surface area contributed by atoms with Gasteiger partial charge in [-0.2, -0.15) is 5.26 Å². The summed E-state index contributed by atoms with van der Waals surface area (Å²) in [6.45, 7) is 10.4. The van der Waals surface area contributed by atoms with Gasteiger partial charge in [0.25, 0.3) is 0 Å². The fraction of sp³-hybridized carbons (Fsp3) is 0.429. The normalized spacial score (nSPS) is 12.7. The molecule has 0 aromatic heterocycles. The van der Waals surface area contributed by atoms with E-state index in [9.17, 15) is 19.6 Å². The van der Waals surface area contributed by atoms with E-state index in [2.05, 4.69) is 10.6 Å². The molecule has 0 fully saturated rings. The summed E-state index contributed by atoms with van der Waals surface area (Å²) >= 11 is 0. The standard InChI is InChI=1S/C28H36N4O4/c1-19(2)30-25(33)24(22-14-12-20(3)13-15-22)32(17-16-29)26(34)23(18-21-10-8-7-9-11-21)31-27(35)36-28(4,5)6/h7-15,19,23-24H,17-18H2,1-6H3,(H,30,33)(H,31,35). The van der Waals surface area contributed by atoms with Crippen molar-refractivity contribution in [2.45, 2.75) is 71.7 Å². The van der Waals surface area contributed by atoms with Gasteiger partial charge in [0.2, 0.25) is 11.8 Å². The number of nitrogens with one attached hydrogen (secondary N) is 2. The third kappa shape index (κ3) is 8.73. The summed E-state index contributed by atoms with van der Waals surface area (Å²) in [6, 6.07) is 16.2. The molecule has 192 valence electrons. The van der Waals surface area contributed by atoms with E-state index in [1.165, 1.54) is 4.90 Å². The minimum absolute atomic E-state index is 0.160. The smallest absolute Gasteiger partial charge is 0.408 e. The summed E-state index contributed by atoms with van der Waals surface area (Å²) in [5.74, 6) is -0.969. The summed E-state index contributed by atoms with van der Waals surface area (Å²) in [5.41, 5.74) is 1.60. The highest BCUT2D eigenvalue weighted by Gasteiger charge is 2.36. The summed E-state index contributed by atoms with van der Waals surface area (Å²) < 4.78 is 5.39. The number of ether oxygens (including phenoxy) is 1. The fourth-order valence-electron chi connectivity index (χ4n) is 3.66. The van der Waals surface area contributed by atoms with Crippen molar-refractivity contribution in [3.8, 4) is 6.07 Å². The van der Waals surface area contributed by atoms with Gasteiger partial charge in [0, 0.05) is 12.5 Å². The molecule has 0 saturated heterocycles. The molecule has 2 unspecified atom stereocenters. The zero-order valence-corrected chi connectivity index (χ0v) is 21.9. The van der Waals surface area contributed by atoms with Crippen molar-refractivity contribution < 1.29 is 19.1 Å². The third-order valence-electron chi connectivity index (χ3n) is 5.18. The molecule has 2 N–H and O–H groups in total. The first-order chi connectivity index (χ1) is 16.9. The van der Waals surface area contributed by atoms with Crippen LogP contribution in [-0.4, -0.2) is 47.0 Å². The van der Waals surface area contributed by atoms with Gasteiger partial charge >= 0.3 is 6.09 Å². The van der Waals surface area contributed by atoms with Gasteiger partial charge in [-0.15, -0.1) is 0 Å². The minimum atomic E-state index is -1.06. The first-order valence-electron chi connectivity index (χ1n) is 12.0. The van der Waals surface area contributed by atoms with Crippen LogP contribution in [0, 0.1) is 18.3 Å². The molecule has 0 bridgehead atoms. The van der Waals surface area contributed by atoms with Crippen LogP contribution in [0.4, 0.5) is 4.79 Å². The van der Waals surface area contributed by atoms with E-state index in [-0.39, 0.29) is 19.0 Å². The lowest BCUT2D eigenvalue weighted by atomic mass is 9.99. The quantitative estimate of drug-likeness (QED) is 0.513. The van der Waals surface area contributed by atoms with E-state index < -0.39 is 35.6 Å². The Hall–Kier alpha value is -3.86. The van der Waals surface area contributed by atoms with Gasteiger partial charge in [0.05, 0.1) is 6.07 Å². The van der Waals surface area contributed by atoms with E-state index in [1.807, 2.05) is 69.3 Å². The van der Waals surface area contributed by atoms with Gasteiger partial charge in [-0.05, 0) is 52.7 Å². The van der Waals surface area contributed by atoms with Crippen molar-refractivity contribution in [3.63, 3.8) is 0 Å². The number of nitriles is 1. The van der Waals surface area contributed by atoms with Gasteiger partial charge in [0.1, 0.15) is 24.2 Å². The molecule has 8 heteroatoms. The van der Waals surface area contributed by atoms with E-state index in [0.29, 0.717) is 5.56 Å². The molecule has 2 aromatic rings. The Balaban J connectivity index is 2.50. The monoisotopic (exact) mass is 492 g/mol. The molecule has 36 heavy (non-hydrogen) atoms. The van der Waals surface area contributed by atoms with Crippen molar-refractivity contribution in [2.75, 3.05) is 6.54 Å². The lowest BCUT2D eigenvalue weighted by Gasteiger charge is -2.33. The fourth-order valence-corrected chi connectivity index (χ4v) is 3.66. The Labute approximate surface area is 213 Å². The number of aryl methyl sites for hydroxylation is 1. The maximum Gasteiger partial charge on any atom is 0.408 e. The lowest BCUT2D eigenvalue weighted by molar-refractivity contribution is -0.142. The second-order valence-electron chi connectivity index (χ2n) is 9.99. The second-order valence-corrected chi connectivity index (χ2v) is 9.99. The maximum absolute atomic E-state index is 13.9. The minimum Gasteiger partial charge on any atom is -0.444 e. The highest BCUT2D eigenvalue weighted by atomic mass is 16.6. The first kappa shape index (κ1) is 28.4. The predicted octanol–water partition coefficient (Wildman–Crippen LogP) is 4.05. The number of alkyl carbamates (subject to hydrolysis) is 1. The molecule has 0 aliphatic carbocycles. The Bertz CT molecular complexity index is 1070. The van der Waals surface area contributed by atoms with Crippen LogP contribution < -0.4 is 10.6 Å². The Morgan fingerprint density at radius 3 is 2.14 bits per heavy atom. The molecule has 8 nitrogen and oxygen atoms in total. The molecule has 2 atom stereocenters. The molecule has 0 aliphatic rings. The molecule has 0 spiro atoms. The van der Waals surface area contributed by atoms with Crippen molar-refractivity contribution in [1.82, 2.24) is 15.5 Å². The molecule has 3 amide bonds. The van der Waals surface area contributed by atoms with E-state index in [0.717, 1.165) is 11.1 Å².